The molecule has 0 bridgehead atoms. The highest BCUT2D eigenvalue weighted by atomic mass is 19.1. The second-order valence-corrected chi connectivity index (χ2v) is 3.72. The smallest absolute Gasteiger partial charge is 0.147 e. The Kier molecular flexibility index (Phi) is 3.90. The van der Waals surface area contributed by atoms with Gasteiger partial charge in [-0.25, -0.2) is 4.39 Å². The minimum absolute atomic E-state index is 0.0976. The van der Waals surface area contributed by atoms with E-state index in [0.717, 1.165) is 5.69 Å². The van der Waals surface area contributed by atoms with E-state index in [2.05, 4.69) is 5.32 Å². The Morgan fingerprint density at radius 1 is 1.18 bits per heavy atom. The normalized spacial score (nSPS) is 10.7. The van der Waals surface area contributed by atoms with Gasteiger partial charge in [0.2, 0.25) is 0 Å². The van der Waals surface area contributed by atoms with Crippen LogP contribution in [0.1, 0.15) is 5.69 Å². The van der Waals surface area contributed by atoms with Gasteiger partial charge in [0, 0.05) is 25.0 Å². The lowest BCUT2D eigenvalue weighted by molar-refractivity contribution is 0.291. The molecule has 0 radical (unpaired) electrons. The zero-order valence-electron chi connectivity index (χ0n) is 9.44. The fraction of sp³-hybridized carbons (Fsp3) is 0.231. The highest BCUT2D eigenvalue weighted by Gasteiger charge is 2.06. The van der Waals surface area contributed by atoms with E-state index in [0.29, 0.717) is 18.8 Å². The molecule has 1 aromatic heterocycles. The summed E-state index contributed by atoms with van der Waals surface area (Å²) < 4.78 is 15.4. The number of aliphatic hydroxyl groups excluding tert-OH is 1. The third kappa shape index (κ3) is 2.72. The summed E-state index contributed by atoms with van der Waals surface area (Å²) in [7, 11) is 0. The molecule has 0 amide bonds. The number of nitrogens with zero attached hydrogens (tertiary/aromatic N) is 1. The number of halogens is 1. The van der Waals surface area contributed by atoms with E-state index in [1.165, 1.54) is 6.07 Å². The minimum atomic E-state index is -0.243. The molecule has 0 aliphatic carbocycles. The number of hydrogen-bond acceptors (Lipinski definition) is 2. The lowest BCUT2D eigenvalue weighted by Gasteiger charge is -2.10. The molecule has 3 nitrogen and oxygen atoms in total. The summed E-state index contributed by atoms with van der Waals surface area (Å²) >= 11 is 0. The zero-order valence-corrected chi connectivity index (χ0v) is 9.44. The largest absolute Gasteiger partial charge is 0.395 e. The molecule has 1 heterocycles. The van der Waals surface area contributed by atoms with Crippen molar-refractivity contribution in [3.8, 4) is 5.69 Å². The lowest BCUT2D eigenvalue weighted by Crippen LogP contribution is -2.19. The van der Waals surface area contributed by atoms with E-state index in [9.17, 15) is 4.39 Å². The molecular weight excluding hydrogens is 219 g/mol. The van der Waals surface area contributed by atoms with E-state index in [1.807, 2.05) is 24.4 Å². The summed E-state index contributed by atoms with van der Waals surface area (Å²) in [6, 6.07) is 10.5. The van der Waals surface area contributed by atoms with Crippen molar-refractivity contribution in [1.82, 2.24) is 9.88 Å². The molecule has 0 saturated carbocycles. The Morgan fingerprint density at radius 3 is 2.76 bits per heavy atom. The highest BCUT2D eigenvalue weighted by molar-refractivity contribution is 5.36. The lowest BCUT2D eigenvalue weighted by atomic mass is 10.3. The van der Waals surface area contributed by atoms with Gasteiger partial charge in [-0.05, 0) is 24.3 Å². The van der Waals surface area contributed by atoms with Crippen molar-refractivity contribution in [3.63, 3.8) is 0 Å². The zero-order chi connectivity index (χ0) is 12.1. The maximum absolute atomic E-state index is 13.6. The van der Waals surface area contributed by atoms with Gasteiger partial charge in [-0.3, -0.25) is 0 Å². The molecule has 0 saturated heterocycles. The molecule has 1 aromatic carbocycles. The fourth-order valence-electron chi connectivity index (χ4n) is 1.74. The molecule has 0 aliphatic heterocycles. The first-order valence-corrected chi connectivity index (χ1v) is 5.55. The SMILES string of the molecule is OCCNCc1cccn1-c1ccccc1F. The first-order chi connectivity index (χ1) is 8.33. The van der Waals surface area contributed by atoms with Gasteiger partial charge in [0.25, 0.3) is 0 Å². The average Bonchev–Trinajstić information content (AvgIpc) is 2.78. The van der Waals surface area contributed by atoms with Crippen molar-refractivity contribution in [2.24, 2.45) is 0 Å². The topological polar surface area (TPSA) is 37.2 Å². The van der Waals surface area contributed by atoms with E-state index in [1.54, 1.807) is 16.7 Å². The van der Waals surface area contributed by atoms with Crippen LogP contribution in [0.3, 0.4) is 0 Å². The van der Waals surface area contributed by atoms with Crippen LogP contribution in [-0.2, 0) is 6.54 Å². The van der Waals surface area contributed by atoms with Gasteiger partial charge < -0.3 is 15.0 Å². The molecule has 0 aliphatic rings. The number of hydrogen-bond donors (Lipinski definition) is 2. The molecule has 0 spiro atoms. The second kappa shape index (κ2) is 5.61. The Labute approximate surface area is 99.5 Å². The number of aliphatic hydroxyl groups is 1. The summed E-state index contributed by atoms with van der Waals surface area (Å²) in [6.07, 6.45) is 1.83. The quantitative estimate of drug-likeness (QED) is 0.773. The van der Waals surface area contributed by atoms with Gasteiger partial charge in [0.05, 0.1) is 12.3 Å². The third-order valence-corrected chi connectivity index (χ3v) is 2.54. The van der Waals surface area contributed by atoms with Crippen LogP contribution in [-0.4, -0.2) is 22.8 Å². The molecule has 0 fully saturated rings. The highest BCUT2D eigenvalue weighted by Crippen LogP contribution is 2.15. The summed E-state index contributed by atoms with van der Waals surface area (Å²) in [5.41, 5.74) is 1.50. The van der Waals surface area contributed by atoms with Crippen LogP contribution in [0.4, 0.5) is 4.39 Å². The summed E-state index contributed by atoms with van der Waals surface area (Å²) in [4.78, 5) is 0. The number of nitrogens with one attached hydrogen (secondary N) is 1. The van der Waals surface area contributed by atoms with Crippen molar-refractivity contribution < 1.29 is 9.50 Å². The van der Waals surface area contributed by atoms with E-state index < -0.39 is 0 Å². The number of para-hydroxylation sites is 1. The van der Waals surface area contributed by atoms with Gasteiger partial charge in [-0.2, -0.15) is 0 Å². The number of aromatic nitrogens is 1. The van der Waals surface area contributed by atoms with Crippen molar-refractivity contribution in [1.29, 1.82) is 0 Å². The average molecular weight is 234 g/mol. The maximum atomic E-state index is 13.6. The van der Waals surface area contributed by atoms with E-state index in [-0.39, 0.29) is 12.4 Å². The van der Waals surface area contributed by atoms with Crippen LogP contribution in [0.2, 0.25) is 0 Å². The molecular formula is C13H15FN2O. The van der Waals surface area contributed by atoms with Crippen LogP contribution in [0.15, 0.2) is 42.6 Å². The predicted octanol–water partition coefficient (Wildman–Crippen LogP) is 1.70. The van der Waals surface area contributed by atoms with E-state index >= 15 is 0 Å². The van der Waals surface area contributed by atoms with Gasteiger partial charge in [-0.15, -0.1) is 0 Å². The molecule has 0 atom stereocenters. The van der Waals surface area contributed by atoms with Gasteiger partial charge >= 0.3 is 0 Å². The van der Waals surface area contributed by atoms with Gasteiger partial charge in [0.15, 0.2) is 0 Å². The van der Waals surface area contributed by atoms with Crippen LogP contribution < -0.4 is 5.32 Å². The Balaban J connectivity index is 2.22. The van der Waals surface area contributed by atoms with Crippen LogP contribution in [0.5, 0.6) is 0 Å². The van der Waals surface area contributed by atoms with Gasteiger partial charge in [-0.1, -0.05) is 12.1 Å². The maximum Gasteiger partial charge on any atom is 0.147 e. The predicted molar refractivity (Wildman–Crippen MR) is 64.5 cm³/mol. The first kappa shape index (κ1) is 11.8. The molecule has 0 unspecified atom stereocenters. The molecule has 2 aromatic rings. The van der Waals surface area contributed by atoms with Crippen molar-refractivity contribution in [3.05, 3.63) is 54.1 Å². The molecule has 90 valence electrons. The number of rotatable bonds is 5. The third-order valence-electron chi connectivity index (χ3n) is 2.54. The summed E-state index contributed by atoms with van der Waals surface area (Å²) in [5.74, 6) is -0.243. The van der Waals surface area contributed by atoms with Crippen molar-refractivity contribution in [2.75, 3.05) is 13.2 Å². The summed E-state index contributed by atoms with van der Waals surface area (Å²) in [5, 5.41) is 11.8. The summed E-state index contributed by atoms with van der Waals surface area (Å²) in [6.45, 7) is 1.23. The van der Waals surface area contributed by atoms with Crippen LogP contribution in [0.25, 0.3) is 5.69 Å². The molecule has 17 heavy (non-hydrogen) atoms. The monoisotopic (exact) mass is 234 g/mol. The van der Waals surface area contributed by atoms with E-state index in [4.69, 9.17) is 5.11 Å². The number of benzene rings is 1. The molecule has 2 N–H and O–H groups in total. The fourth-order valence-corrected chi connectivity index (χ4v) is 1.74. The Hall–Kier alpha value is -1.65. The molecule has 2 rings (SSSR count). The Bertz CT molecular complexity index is 482. The van der Waals surface area contributed by atoms with Crippen molar-refractivity contribution >= 4 is 0 Å². The minimum Gasteiger partial charge on any atom is -0.395 e. The van der Waals surface area contributed by atoms with Crippen LogP contribution in [0, 0.1) is 5.82 Å². The van der Waals surface area contributed by atoms with Crippen molar-refractivity contribution in [2.45, 2.75) is 6.54 Å². The van der Waals surface area contributed by atoms with Crippen LogP contribution >= 0.6 is 0 Å². The second-order valence-electron chi connectivity index (χ2n) is 3.72. The Morgan fingerprint density at radius 2 is 2.00 bits per heavy atom. The standard InChI is InChI=1S/C13H15FN2O/c14-12-5-1-2-6-13(12)16-8-3-4-11(16)10-15-7-9-17/h1-6,8,15,17H,7,9-10H2. The first-order valence-electron chi connectivity index (χ1n) is 5.55. The molecule has 4 heteroatoms. The van der Waals surface area contributed by atoms with Gasteiger partial charge in [0.1, 0.15) is 5.82 Å².